The van der Waals surface area contributed by atoms with Crippen LogP contribution < -0.4 is 0 Å². The molecule has 0 N–H and O–H groups in total. The smallest absolute Gasteiger partial charge is 0.163 e. The summed E-state index contributed by atoms with van der Waals surface area (Å²) < 4.78 is 0. The Kier molecular flexibility index (Phi) is 5.25. The van der Waals surface area contributed by atoms with Crippen molar-refractivity contribution in [2.45, 2.75) is 6.54 Å². The first-order valence-electron chi connectivity index (χ1n) is 5.63. The highest BCUT2D eigenvalue weighted by atomic mass is 16.1. The second kappa shape index (κ2) is 6.47. The minimum absolute atomic E-state index is 0.162. The van der Waals surface area contributed by atoms with Gasteiger partial charge >= 0.3 is 0 Å². The summed E-state index contributed by atoms with van der Waals surface area (Å²) in [6, 6.07) is 3.50. The number of rotatable bonds is 6. The Morgan fingerprint density at radius 3 is 2.65 bits per heavy atom. The summed E-state index contributed by atoms with van der Waals surface area (Å²) in [6.07, 6.45) is 1.66. The van der Waals surface area contributed by atoms with E-state index < -0.39 is 0 Å². The Hall–Kier alpha value is -1.26. The van der Waals surface area contributed by atoms with E-state index in [9.17, 15) is 4.79 Å². The molecule has 1 aromatic heterocycles. The summed E-state index contributed by atoms with van der Waals surface area (Å²) >= 11 is 0. The van der Waals surface area contributed by atoms with Gasteiger partial charge in [-0.15, -0.1) is 0 Å². The number of carbonyl (C=O) groups excluding carboxylic acids is 1. The Morgan fingerprint density at radius 1 is 1.35 bits per heavy atom. The van der Waals surface area contributed by atoms with Crippen LogP contribution in [0.4, 0.5) is 0 Å². The zero-order valence-electron chi connectivity index (χ0n) is 10.8. The van der Waals surface area contributed by atoms with Crippen molar-refractivity contribution in [3.63, 3.8) is 0 Å². The zero-order valence-corrected chi connectivity index (χ0v) is 10.8. The predicted molar refractivity (Wildman–Crippen MR) is 68.8 cm³/mol. The molecule has 0 aromatic carbocycles. The summed E-state index contributed by atoms with van der Waals surface area (Å²) in [6.45, 7) is 6.12. The van der Waals surface area contributed by atoms with Gasteiger partial charge in [0.25, 0.3) is 0 Å². The van der Waals surface area contributed by atoms with Crippen LogP contribution in [0, 0.1) is 6.92 Å². The van der Waals surface area contributed by atoms with Gasteiger partial charge in [0.2, 0.25) is 0 Å². The highest BCUT2D eigenvalue weighted by Crippen LogP contribution is 2.05. The average molecular weight is 234 g/mol. The van der Waals surface area contributed by atoms with E-state index >= 15 is 0 Å². The molecule has 0 spiro atoms. The first kappa shape index (κ1) is 13.8. The van der Waals surface area contributed by atoms with Crippen LogP contribution in [0.1, 0.15) is 16.1 Å². The molecular formula is C13H20N3O. The van der Waals surface area contributed by atoms with Gasteiger partial charge in [-0.3, -0.25) is 14.7 Å². The van der Waals surface area contributed by atoms with Crippen LogP contribution in [-0.4, -0.2) is 54.8 Å². The molecule has 4 nitrogen and oxygen atoms in total. The van der Waals surface area contributed by atoms with E-state index in [1.165, 1.54) is 0 Å². The SMILES string of the molecule is [CH2]C(=O)c1ccnc(CN(C)CCN(C)C)c1. The lowest BCUT2D eigenvalue weighted by Gasteiger charge is -2.18. The third kappa shape index (κ3) is 5.06. The van der Waals surface area contributed by atoms with E-state index in [0.717, 1.165) is 25.3 Å². The molecule has 0 saturated carbocycles. The Bertz CT molecular complexity index is 377. The maximum absolute atomic E-state index is 11.1. The Labute approximate surface area is 103 Å². The lowest BCUT2D eigenvalue weighted by atomic mass is 10.1. The van der Waals surface area contributed by atoms with Crippen molar-refractivity contribution in [1.29, 1.82) is 0 Å². The lowest BCUT2D eigenvalue weighted by molar-refractivity contribution is 0.104. The normalized spacial score (nSPS) is 11.2. The zero-order chi connectivity index (χ0) is 12.8. The topological polar surface area (TPSA) is 36.4 Å². The molecule has 0 amide bonds. The van der Waals surface area contributed by atoms with Crippen molar-refractivity contribution in [2.24, 2.45) is 0 Å². The first-order chi connectivity index (χ1) is 7.99. The molecule has 17 heavy (non-hydrogen) atoms. The average Bonchev–Trinajstić information content (AvgIpc) is 2.26. The van der Waals surface area contributed by atoms with E-state index in [2.05, 4.69) is 21.7 Å². The molecule has 0 fully saturated rings. The number of Topliss-reactive ketones (excluding diaryl/α,β-unsaturated/α-hetero) is 1. The number of likely N-dealkylation sites (N-methyl/N-ethyl adjacent to an activating group) is 2. The molecular weight excluding hydrogens is 214 g/mol. The fraction of sp³-hybridized carbons (Fsp3) is 0.462. The summed E-state index contributed by atoms with van der Waals surface area (Å²) in [5, 5.41) is 0. The third-order valence-corrected chi connectivity index (χ3v) is 2.50. The van der Waals surface area contributed by atoms with Crippen molar-refractivity contribution >= 4 is 5.78 Å². The van der Waals surface area contributed by atoms with E-state index in [4.69, 9.17) is 0 Å². The quantitative estimate of drug-likeness (QED) is 0.690. The number of pyridine rings is 1. The van der Waals surface area contributed by atoms with Gasteiger partial charge in [0.05, 0.1) is 5.69 Å². The van der Waals surface area contributed by atoms with Gasteiger partial charge in [0.1, 0.15) is 0 Å². The predicted octanol–water partition coefficient (Wildman–Crippen LogP) is 1.09. The number of hydrogen-bond donors (Lipinski definition) is 0. The first-order valence-corrected chi connectivity index (χ1v) is 5.63. The maximum atomic E-state index is 11.1. The van der Waals surface area contributed by atoms with Gasteiger partial charge in [0, 0.05) is 38.3 Å². The second-order valence-electron chi connectivity index (χ2n) is 4.50. The van der Waals surface area contributed by atoms with Gasteiger partial charge in [-0.1, -0.05) is 0 Å². The Morgan fingerprint density at radius 2 is 2.06 bits per heavy atom. The molecule has 0 bridgehead atoms. The number of ketones is 1. The fourth-order valence-corrected chi connectivity index (χ4v) is 1.46. The third-order valence-electron chi connectivity index (χ3n) is 2.50. The molecule has 0 aliphatic carbocycles. The number of aromatic nitrogens is 1. The van der Waals surface area contributed by atoms with Crippen molar-refractivity contribution < 1.29 is 4.79 Å². The second-order valence-corrected chi connectivity index (χ2v) is 4.50. The molecule has 0 unspecified atom stereocenters. The number of carbonyl (C=O) groups is 1. The van der Waals surface area contributed by atoms with Crippen LogP contribution in [0.25, 0.3) is 0 Å². The highest BCUT2D eigenvalue weighted by molar-refractivity contribution is 5.99. The van der Waals surface area contributed by atoms with E-state index in [1.54, 1.807) is 12.3 Å². The maximum Gasteiger partial charge on any atom is 0.163 e. The molecule has 0 saturated heterocycles. The molecule has 1 heterocycles. The largest absolute Gasteiger partial charge is 0.308 e. The van der Waals surface area contributed by atoms with Gasteiger partial charge in [-0.25, -0.2) is 0 Å². The van der Waals surface area contributed by atoms with E-state index in [-0.39, 0.29) is 5.78 Å². The van der Waals surface area contributed by atoms with Crippen molar-refractivity contribution in [2.75, 3.05) is 34.2 Å². The monoisotopic (exact) mass is 234 g/mol. The molecule has 1 rings (SSSR count). The highest BCUT2D eigenvalue weighted by Gasteiger charge is 2.05. The van der Waals surface area contributed by atoms with E-state index in [1.807, 2.05) is 27.2 Å². The summed E-state index contributed by atoms with van der Waals surface area (Å²) in [5.41, 5.74) is 1.52. The number of nitrogens with zero attached hydrogens (tertiary/aromatic N) is 3. The Balaban J connectivity index is 2.56. The molecule has 0 atom stereocenters. The molecule has 1 radical (unpaired) electrons. The molecule has 93 valence electrons. The van der Waals surface area contributed by atoms with Crippen LogP contribution in [0.2, 0.25) is 0 Å². The molecule has 1 aromatic rings. The van der Waals surface area contributed by atoms with Gasteiger partial charge < -0.3 is 4.90 Å². The molecule has 4 heteroatoms. The van der Waals surface area contributed by atoms with Crippen LogP contribution in [0.5, 0.6) is 0 Å². The van der Waals surface area contributed by atoms with E-state index in [0.29, 0.717) is 5.56 Å². The summed E-state index contributed by atoms with van der Waals surface area (Å²) in [4.78, 5) is 19.7. The summed E-state index contributed by atoms with van der Waals surface area (Å²) in [5.74, 6) is -0.162. The van der Waals surface area contributed by atoms with Crippen molar-refractivity contribution in [3.05, 3.63) is 36.5 Å². The van der Waals surface area contributed by atoms with Crippen molar-refractivity contribution in [3.8, 4) is 0 Å². The van der Waals surface area contributed by atoms with Crippen LogP contribution in [0.3, 0.4) is 0 Å². The van der Waals surface area contributed by atoms with Crippen molar-refractivity contribution in [1.82, 2.24) is 14.8 Å². The lowest BCUT2D eigenvalue weighted by Crippen LogP contribution is -2.28. The molecule has 0 aliphatic heterocycles. The van der Waals surface area contributed by atoms with Crippen LogP contribution >= 0.6 is 0 Å². The summed E-state index contributed by atoms with van der Waals surface area (Å²) in [7, 11) is 6.14. The molecule has 0 aliphatic rings. The van der Waals surface area contributed by atoms with Gasteiger partial charge in [-0.2, -0.15) is 0 Å². The fourth-order valence-electron chi connectivity index (χ4n) is 1.46. The standard InChI is InChI=1S/C13H20N3O/c1-11(17)12-5-6-14-13(9-12)10-16(4)8-7-15(2)3/h5-6,9H,1,7-8,10H2,2-4H3. The number of hydrogen-bond acceptors (Lipinski definition) is 4. The minimum atomic E-state index is -0.162. The van der Waals surface area contributed by atoms with Gasteiger partial charge in [-0.05, 0) is 33.3 Å². The van der Waals surface area contributed by atoms with Crippen LogP contribution in [0.15, 0.2) is 18.3 Å². The minimum Gasteiger partial charge on any atom is -0.308 e. The van der Waals surface area contributed by atoms with Gasteiger partial charge in [0.15, 0.2) is 5.78 Å². The van der Waals surface area contributed by atoms with Crippen LogP contribution in [-0.2, 0) is 6.54 Å².